The zero-order valence-corrected chi connectivity index (χ0v) is 16.0. The van der Waals surface area contributed by atoms with Crippen molar-refractivity contribution in [1.29, 1.82) is 0 Å². The van der Waals surface area contributed by atoms with Crippen molar-refractivity contribution in [3.8, 4) is 5.69 Å². The van der Waals surface area contributed by atoms with Crippen molar-refractivity contribution in [1.82, 2.24) is 25.3 Å². The molecule has 8 nitrogen and oxygen atoms in total. The van der Waals surface area contributed by atoms with E-state index in [0.29, 0.717) is 28.4 Å². The van der Waals surface area contributed by atoms with Gasteiger partial charge in [-0.05, 0) is 43.5 Å². The highest BCUT2D eigenvalue weighted by Crippen LogP contribution is 2.26. The van der Waals surface area contributed by atoms with E-state index >= 15 is 0 Å². The quantitative estimate of drug-likeness (QED) is 0.528. The number of nitrogens with one attached hydrogen (secondary N) is 2. The van der Waals surface area contributed by atoms with Crippen LogP contribution in [0.1, 0.15) is 29.6 Å². The Hall–Kier alpha value is -3.75. The molecule has 0 spiro atoms. The van der Waals surface area contributed by atoms with Gasteiger partial charge in [-0.3, -0.25) is 4.79 Å². The van der Waals surface area contributed by atoms with Gasteiger partial charge in [0.15, 0.2) is 5.58 Å². The van der Waals surface area contributed by atoms with E-state index in [1.165, 1.54) is 16.9 Å². The lowest BCUT2D eigenvalue weighted by Crippen LogP contribution is -2.43. The SMILES string of the molecule is O=C(N[C@@H]1CCC[C@H]1Nc1nc2ccc(F)cc2o1)c1ccccc1-n1nccn1. The fourth-order valence-electron chi connectivity index (χ4n) is 3.85. The van der Waals surface area contributed by atoms with E-state index in [1.54, 1.807) is 30.6 Å². The molecule has 152 valence electrons. The number of benzene rings is 2. The van der Waals surface area contributed by atoms with Crippen LogP contribution in [0, 0.1) is 5.82 Å². The van der Waals surface area contributed by atoms with Gasteiger partial charge in [0.1, 0.15) is 11.3 Å². The predicted molar refractivity (Wildman–Crippen MR) is 108 cm³/mol. The zero-order chi connectivity index (χ0) is 20.5. The molecule has 2 aromatic carbocycles. The summed E-state index contributed by atoms with van der Waals surface area (Å²) in [6, 6.07) is 11.6. The summed E-state index contributed by atoms with van der Waals surface area (Å²) in [6.07, 6.45) is 5.79. The molecule has 0 aliphatic heterocycles. The Bertz CT molecular complexity index is 1190. The molecular formula is C21H19FN6O2. The second-order valence-corrected chi connectivity index (χ2v) is 7.23. The van der Waals surface area contributed by atoms with Gasteiger partial charge < -0.3 is 15.1 Å². The van der Waals surface area contributed by atoms with E-state index in [9.17, 15) is 9.18 Å². The Kier molecular flexibility index (Phi) is 4.62. The van der Waals surface area contributed by atoms with Crippen LogP contribution in [0.15, 0.2) is 59.3 Å². The molecular weight excluding hydrogens is 387 g/mol. The highest BCUT2D eigenvalue weighted by Gasteiger charge is 2.30. The van der Waals surface area contributed by atoms with Gasteiger partial charge in [-0.2, -0.15) is 20.0 Å². The monoisotopic (exact) mass is 406 g/mol. The number of amides is 1. The number of oxazole rings is 1. The Labute approximate surface area is 171 Å². The fraction of sp³-hybridized carbons (Fsp3) is 0.238. The van der Waals surface area contributed by atoms with Crippen molar-refractivity contribution in [2.45, 2.75) is 31.3 Å². The predicted octanol–water partition coefficient (Wildman–Crippen LogP) is 3.31. The molecule has 2 heterocycles. The standard InChI is InChI=1S/C21H19FN6O2/c22-13-8-9-17-19(12-13)30-21(27-17)26-16-6-3-5-15(16)25-20(29)14-4-1-2-7-18(14)28-23-10-11-24-28/h1-2,4,7-12,15-16H,3,5-6H2,(H,25,29)(H,26,27)/t15-,16-/m1/s1. The van der Waals surface area contributed by atoms with Gasteiger partial charge in [-0.15, -0.1) is 0 Å². The van der Waals surface area contributed by atoms with E-state index in [2.05, 4.69) is 25.8 Å². The summed E-state index contributed by atoms with van der Waals surface area (Å²) in [6.45, 7) is 0. The molecule has 1 saturated carbocycles. The number of hydrogen-bond acceptors (Lipinski definition) is 6. The lowest BCUT2D eigenvalue weighted by molar-refractivity contribution is 0.0935. The third-order valence-electron chi connectivity index (χ3n) is 5.27. The van der Waals surface area contributed by atoms with Crippen molar-refractivity contribution in [2.24, 2.45) is 0 Å². The lowest BCUT2D eigenvalue weighted by Gasteiger charge is -2.22. The Morgan fingerprint density at radius 3 is 2.77 bits per heavy atom. The minimum atomic E-state index is -0.374. The number of carbonyl (C=O) groups is 1. The number of halogens is 1. The molecule has 0 saturated heterocycles. The van der Waals surface area contributed by atoms with Crippen LogP contribution < -0.4 is 10.6 Å². The molecule has 9 heteroatoms. The minimum absolute atomic E-state index is 0.0400. The second-order valence-electron chi connectivity index (χ2n) is 7.23. The first-order valence-electron chi connectivity index (χ1n) is 9.76. The number of aromatic nitrogens is 4. The largest absolute Gasteiger partial charge is 0.423 e. The van der Waals surface area contributed by atoms with Crippen LogP contribution in [-0.2, 0) is 0 Å². The van der Waals surface area contributed by atoms with E-state index < -0.39 is 0 Å². The molecule has 4 aromatic rings. The first-order chi connectivity index (χ1) is 14.7. The number of rotatable bonds is 5. The van der Waals surface area contributed by atoms with Crippen LogP contribution in [0.5, 0.6) is 0 Å². The zero-order valence-electron chi connectivity index (χ0n) is 16.0. The topological polar surface area (TPSA) is 97.9 Å². The summed E-state index contributed by atoms with van der Waals surface area (Å²) in [5.41, 5.74) is 2.08. The van der Waals surface area contributed by atoms with E-state index in [0.717, 1.165) is 19.3 Å². The maximum atomic E-state index is 13.4. The number of anilines is 1. The highest BCUT2D eigenvalue weighted by atomic mass is 19.1. The van der Waals surface area contributed by atoms with E-state index in [4.69, 9.17) is 4.42 Å². The van der Waals surface area contributed by atoms with Crippen LogP contribution in [-0.4, -0.2) is 38.0 Å². The van der Waals surface area contributed by atoms with Gasteiger partial charge in [-0.25, -0.2) is 4.39 Å². The van der Waals surface area contributed by atoms with Gasteiger partial charge in [0.25, 0.3) is 11.9 Å². The molecule has 2 N–H and O–H groups in total. The number of carbonyl (C=O) groups excluding carboxylic acids is 1. The van der Waals surface area contributed by atoms with E-state index in [-0.39, 0.29) is 23.8 Å². The first kappa shape index (κ1) is 18.3. The molecule has 2 aromatic heterocycles. The Balaban J connectivity index is 1.33. The maximum absolute atomic E-state index is 13.4. The Morgan fingerprint density at radius 1 is 1.10 bits per heavy atom. The molecule has 5 rings (SSSR count). The van der Waals surface area contributed by atoms with Crippen molar-refractivity contribution in [2.75, 3.05) is 5.32 Å². The summed E-state index contributed by atoms with van der Waals surface area (Å²) in [5, 5.41) is 14.6. The molecule has 1 aliphatic carbocycles. The summed E-state index contributed by atoms with van der Waals surface area (Å²) in [7, 11) is 0. The van der Waals surface area contributed by atoms with Crippen LogP contribution in [0.25, 0.3) is 16.8 Å². The number of fused-ring (bicyclic) bond motifs is 1. The van der Waals surface area contributed by atoms with Crippen molar-refractivity contribution in [3.63, 3.8) is 0 Å². The van der Waals surface area contributed by atoms with Gasteiger partial charge in [0, 0.05) is 12.1 Å². The van der Waals surface area contributed by atoms with Gasteiger partial charge in [0.05, 0.1) is 29.7 Å². The summed E-state index contributed by atoms with van der Waals surface area (Å²) in [5.74, 6) is -0.567. The normalized spacial score (nSPS) is 18.6. The summed E-state index contributed by atoms with van der Waals surface area (Å²) in [4.78, 5) is 18.8. The Morgan fingerprint density at radius 2 is 1.90 bits per heavy atom. The van der Waals surface area contributed by atoms with Crippen molar-refractivity contribution in [3.05, 3.63) is 66.2 Å². The fourth-order valence-corrected chi connectivity index (χ4v) is 3.85. The molecule has 0 bridgehead atoms. The van der Waals surface area contributed by atoms with Crippen molar-refractivity contribution >= 4 is 23.0 Å². The average Bonchev–Trinajstić information content (AvgIpc) is 3.49. The third kappa shape index (κ3) is 3.49. The lowest BCUT2D eigenvalue weighted by atomic mass is 10.1. The van der Waals surface area contributed by atoms with Crippen LogP contribution >= 0.6 is 0 Å². The minimum Gasteiger partial charge on any atom is -0.423 e. The van der Waals surface area contributed by atoms with Gasteiger partial charge in [0.2, 0.25) is 0 Å². The molecule has 2 atom stereocenters. The van der Waals surface area contributed by atoms with Crippen molar-refractivity contribution < 1.29 is 13.6 Å². The van der Waals surface area contributed by atoms with E-state index in [1.807, 2.05) is 12.1 Å². The first-order valence-corrected chi connectivity index (χ1v) is 9.76. The van der Waals surface area contributed by atoms with Crippen LogP contribution in [0.3, 0.4) is 0 Å². The second kappa shape index (κ2) is 7.58. The molecule has 1 fully saturated rings. The number of hydrogen-bond donors (Lipinski definition) is 2. The number of nitrogens with zero attached hydrogens (tertiary/aromatic N) is 4. The third-order valence-corrected chi connectivity index (χ3v) is 5.27. The van der Waals surface area contributed by atoms with Gasteiger partial charge >= 0.3 is 0 Å². The summed E-state index contributed by atoms with van der Waals surface area (Å²) < 4.78 is 19.0. The highest BCUT2D eigenvalue weighted by molar-refractivity contribution is 5.98. The number of para-hydroxylation sites is 1. The average molecular weight is 406 g/mol. The summed E-state index contributed by atoms with van der Waals surface area (Å²) >= 11 is 0. The maximum Gasteiger partial charge on any atom is 0.295 e. The van der Waals surface area contributed by atoms with Crippen LogP contribution in [0.2, 0.25) is 0 Å². The van der Waals surface area contributed by atoms with Gasteiger partial charge in [-0.1, -0.05) is 12.1 Å². The molecule has 0 radical (unpaired) electrons. The molecule has 1 amide bonds. The van der Waals surface area contributed by atoms with Crippen LogP contribution in [0.4, 0.5) is 10.4 Å². The molecule has 30 heavy (non-hydrogen) atoms. The molecule has 0 unspecified atom stereocenters. The smallest absolute Gasteiger partial charge is 0.295 e. The molecule has 1 aliphatic rings.